The van der Waals surface area contributed by atoms with E-state index in [1.807, 2.05) is 0 Å². The fourth-order valence-electron chi connectivity index (χ4n) is 5.06. The number of hydrogen-bond acceptors (Lipinski definition) is 5. The van der Waals surface area contributed by atoms with Crippen molar-refractivity contribution in [2.75, 3.05) is 19.6 Å². The third-order valence-electron chi connectivity index (χ3n) is 6.24. The molecule has 132 valence electrons. The van der Waals surface area contributed by atoms with Crippen molar-refractivity contribution in [3.63, 3.8) is 0 Å². The lowest BCUT2D eigenvalue weighted by atomic mass is 9.94. The molecule has 0 N–H and O–H groups in total. The average Bonchev–Trinajstić information content (AvgIpc) is 3.41. The van der Waals surface area contributed by atoms with Gasteiger partial charge in [0, 0.05) is 18.0 Å². The predicted octanol–water partition coefficient (Wildman–Crippen LogP) is 3.36. The Kier molecular flexibility index (Phi) is 4.06. The minimum atomic E-state index is 0.406. The molecule has 0 amide bonds. The van der Waals surface area contributed by atoms with E-state index in [4.69, 9.17) is 9.51 Å². The molecule has 5 rings (SSSR count). The van der Waals surface area contributed by atoms with Gasteiger partial charge >= 0.3 is 0 Å². The van der Waals surface area contributed by atoms with E-state index in [0.717, 1.165) is 37.8 Å². The summed E-state index contributed by atoms with van der Waals surface area (Å²) in [7, 11) is 0. The normalized spacial score (nSPS) is 30.2. The van der Waals surface area contributed by atoms with Gasteiger partial charge in [-0.3, -0.25) is 9.80 Å². The van der Waals surface area contributed by atoms with Crippen LogP contribution in [-0.2, 0) is 6.54 Å². The summed E-state index contributed by atoms with van der Waals surface area (Å²) in [5.41, 5.74) is 1.43. The molecule has 3 saturated heterocycles. The molecule has 1 aromatic heterocycles. The molecule has 0 aliphatic carbocycles. The van der Waals surface area contributed by atoms with Crippen LogP contribution < -0.4 is 0 Å². The number of benzene rings is 1. The molecule has 3 fully saturated rings. The zero-order valence-electron chi connectivity index (χ0n) is 14.7. The second-order valence-corrected chi connectivity index (χ2v) is 7.75. The summed E-state index contributed by atoms with van der Waals surface area (Å²) in [6.45, 7) is 4.33. The van der Waals surface area contributed by atoms with Gasteiger partial charge in [0.05, 0.1) is 6.54 Å². The second-order valence-electron chi connectivity index (χ2n) is 7.75. The molecular weight excluding hydrogens is 312 g/mol. The molecule has 5 heteroatoms. The van der Waals surface area contributed by atoms with Crippen molar-refractivity contribution in [3.8, 4) is 0 Å². The summed E-state index contributed by atoms with van der Waals surface area (Å²) >= 11 is 0. The highest BCUT2D eigenvalue weighted by Crippen LogP contribution is 2.48. The molecule has 4 heterocycles. The second kappa shape index (κ2) is 6.54. The number of nitrogens with zero attached hydrogens (tertiary/aromatic N) is 4. The summed E-state index contributed by atoms with van der Waals surface area (Å²) in [5.74, 6) is 2.14. The Hall–Kier alpha value is -1.72. The van der Waals surface area contributed by atoms with Gasteiger partial charge in [-0.2, -0.15) is 4.98 Å². The summed E-state index contributed by atoms with van der Waals surface area (Å²) in [6.07, 6.45) is 6.23. The van der Waals surface area contributed by atoms with Crippen molar-refractivity contribution in [1.29, 1.82) is 0 Å². The van der Waals surface area contributed by atoms with E-state index in [1.165, 1.54) is 37.8 Å². The van der Waals surface area contributed by atoms with Crippen LogP contribution in [0, 0.1) is 0 Å². The Bertz CT molecular complexity index is 709. The first-order valence-electron chi connectivity index (χ1n) is 9.74. The maximum atomic E-state index is 5.61. The van der Waals surface area contributed by atoms with Gasteiger partial charge < -0.3 is 4.52 Å². The first-order chi connectivity index (χ1) is 12.4. The SMILES string of the molecule is c1ccc([C@H]2C[C@@H](c3noc(CN4CCCC4)n3)[C@@H]3CCCN23)cc1. The first kappa shape index (κ1) is 15.5. The fraction of sp³-hybridized carbons (Fsp3) is 0.600. The van der Waals surface area contributed by atoms with Gasteiger partial charge in [-0.1, -0.05) is 35.5 Å². The van der Waals surface area contributed by atoms with Gasteiger partial charge in [0.2, 0.25) is 5.89 Å². The summed E-state index contributed by atoms with van der Waals surface area (Å²) in [6, 6.07) is 12.0. The van der Waals surface area contributed by atoms with Crippen molar-refractivity contribution in [1.82, 2.24) is 19.9 Å². The number of likely N-dealkylation sites (tertiary alicyclic amines) is 1. The topological polar surface area (TPSA) is 45.4 Å². The smallest absolute Gasteiger partial charge is 0.240 e. The Labute approximate surface area is 149 Å². The van der Waals surface area contributed by atoms with Gasteiger partial charge in [-0.15, -0.1) is 0 Å². The maximum Gasteiger partial charge on any atom is 0.240 e. The lowest BCUT2D eigenvalue weighted by molar-refractivity contribution is 0.243. The Morgan fingerprint density at radius 1 is 1.04 bits per heavy atom. The predicted molar refractivity (Wildman–Crippen MR) is 95.1 cm³/mol. The van der Waals surface area contributed by atoms with Crippen molar-refractivity contribution in [2.24, 2.45) is 0 Å². The van der Waals surface area contributed by atoms with Crippen LogP contribution in [0.15, 0.2) is 34.9 Å². The number of fused-ring (bicyclic) bond motifs is 1. The summed E-state index contributed by atoms with van der Waals surface area (Å²) in [5, 5.41) is 4.39. The van der Waals surface area contributed by atoms with E-state index in [2.05, 4.69) is 45.3 Å². The maximum absolute atomic E-state index is 5.61. The van der Waals surface area contributed by atoms with E-state index in [9.17, 15) is 0 Å². The van der Waals surface area contributed by atoms with E-state index >= 15 is 0 Å². The highest BCUT2D eigenvalue weighted by atomic mass is 16.5. The lowest BCUT2D eigenvalue weighted by Crippen LogP contribution is -2.27. The minimum absolute atomic E-state index is 0.406. The Morgan fingerprint density at radius 2 is 1.88 bits per heavy atom. The van der Waals surface area contributed by atoms with Crippen LogP contribution in [0.25, 0.3) is 0 Å². The van der Waals surface area contributed by atoms with E-state index in [0.29, 0.717) is 18.0 Å². The van der Waals surface area contributed by atoms with Crippen LogP contribution in [0.5, 0.6) is 0 Å². The monoisotopic (exact) mass is 338 g/mol. The third-order valence-corrected chi connectivity index (χ3v) is 6.24. The summed E-state index contributed by atoms with van der Waals surface area (Å²) < 4.78 is 5.61. The fourth-order valence-corrected chi connectivity index (χ4v) is 5.06. The van der Waals surface area contributed by atoms with Crippen LogP contribution in [0.3, 0.4) is 0 Å². The van der Waals surface area contributed by atoms with Crippen LogP contribution in [0.2, 0.25) is 0 Å². The van der Waals surface area contributed by atoms with E-state index in [1.54, 1.807) is 0 Å². The molecule has 0 unspecified atom stereocenters. The highest BCUT2D eigenvalue weighted by molar-refractivity contribution is 5.24. The van der Waals surface area contributed by atoms with Gasteiger partial charge in [-0.25, -0.2) is 0 Å². The van der Waals surface area contributed by atoms with Gasteiger partial charge in [0.15, 0.2) is 5.82 Å². The van der Waals surface area contributed by atoms with Crippen LogP contribution >= 0.6 is 0 Å². The standard InChI is InChI=1S/C20H26N4O/c1-2-7-15(8-3-1)18-13-16(17-9-6-12-24(17)18)20-21-19(25-22-20)14-23-10-4-5-11-23/h1-3,7-8,16-18H,4-6,9-14H2/t16-,17+,18-/m1/s1. The molecule has 25 heavy (non-hydrogen) atoms. The lowest BCUT2D eigenvalue weighted by Gasteiger charge is -2.24. The number of aromatic nitrogens is 2. The van der Waals surface area contributed by atoms with Crippen molar-refractivity contribution in [2.45, 2.75) is 56.7 Å². The van der Waals surface area contributed by atoms with Gasteiger partial charge in [0.1, 0.15) is 0 Å². The molecule has 2 aromatic rings. The number of rotatable bonds is 4. The van der Waals surface area contributed by atoms with Crippen LogP contribution in [0.4, 0.5) is 0 Å². The molecular formula is C20H26N4O. The van der Waals surface area contributed by atoms with Crippen molar-refractivity contribution in [3.05, 3.63) is 47.6 Å². The third kappa shape index (κ3) is 2.89. The molecule has 0 bridgehead atoms. The zero-order chi connectivity index (χ0) is 16.6. The first-order valence-corrected chi connectivity index (χ1v) is 9.74. The largest absolute Gasteiger partial charge is 0.338 e. The molecule has 3 atom stereocenters. The van der Waals surface area contributed by atoms with Gasteiger partial charge in [-0.05, 0) is 57.3 Å². The molecule has 3 aliphatic heterocycles. The quantitative estimate of drug-likeness (QED) is 0.855. The van der Waals surface area contributed by atoms with Crippen molar-refractivity contribution < 1.29 is 4.52 Å². The molecule has 3 aliphatic rings. The minimum Gasteiger partial charge on any atom is -0.338 e. The summed E-state index contributed by atoms with van der Waals surface area (Å²) in [4.78, 5) is 9.89. The zero-order valence-corrected chi connectivity index (χ0v) is 14.7. The Balaban J connectivity index is 1.36. The molecule has 0 spiro atoms. The van der Waals surface area contributed by atoms with Crippen molar-refractivity contribution >= 4 is 0 Å². The molecule has 1 aromatic carbocycles. The van der Waals surface area contributed by atoms with Crippen LogP contribution in [-0.4, -0.2) is 45.6 Å². The average molecular weight is 338 g/mol. The Morgan fingerprint density at radius 3 is 2.72 bits per heavy atom. The van der Waals surface area contributed by atoms with E-state index in [-0.39, 0.29) is 0 Å². The highest BCUT2D eigenvalue weighted by Gasteiger charge is 2.46. The van der Waals surface area contributed by atoms with Gasteiger partial charge in [0.25, 0.3) is 0 Å². The van der Waals surface area contributed by atoms with Crippen LogP contribution in [0.1, 0.15) is 61.3 Å². The molecule has 5 nitrogen and oxygen atoms in total. The number of hydrogen-bond donors (Lipinski definition) is 0. The molecule has 0 radical (unpaired) electrons. The molecule has 0 saturated carbocycles. The van der Waals surface area contributed by atoms with E-state index < -0.39 is 0 Å².